The lowest BCUT2D eigenvalue weighted by atomic mass is 10.2. The highest BCUT2D eigenvalue weighted by Crippen LogP contribution is 2.20. The van der Waals surface area contributed by atoms with Crippen molar-refractivity contribution in [3.05, 3.63) is 58.4 Å². The number of sulfone groups is 1. The first-order chi connectivity index (χ1) is 13.2. The van der Waals surface area contributed by atoms with Crippen molar-refractivity contribution >= 4 is 43.3 Å². The van der Waals surface area contributed by atoms with E-state index in [1.807, 2.05) is 0 Å². The number of fused-ring (bicyclic) bond motifs is 1. The van der Waals surface area contributed by atoms with E-state index in [2.05, 4.69) is 4.99 Å². The highest BCUT2D eigenvalue weighted by atomic mass is 32.2. The van der Waals surface area contributed by atoms with Gasteiger partial charge in [-0.25, -0.2) is 13.2 Å². The van der Waals surface area contributed by atoms with Crippen molar-refractivity contribution in [2.75, 3.05) is 12.9 Å². The quantitative estimate of drug-likeness (QED) is 0.607. The highest BCUT2D eigenvalue weighted by molar-refractivity contribution is 7.90. The standard InChI is InChI=1S/C19H18N2O5S2/c1-4-26-18(23)12-9-10-14-15(11-12)27-19(21(14)2)20-17(22)13-7-5-6-8-16(13)28(3,24)25/h5-11H,4H2,1-3H3. The molecule has 0 aliphatic carbocycles. The predicted octanol–water partition coefficient (Wildman–Crippen LogP) is 2.56. The Morgan fingerprint density at radius 2 is 1.89 bits per heavy atom. The number of benzene rings is 2. The number of nitrogens with zero attached hydrogens (tertiary/aromatic N) is 2. The van der Waals surface area contributed by atoms with Gasteiger partial charge in [-0.05, 0) is 37.3 Å². The Hall–Kier alpha value is -2.78. The monoisotopic (exact) mass is 418 g/mol. The molecule has 7 nitrogen and oxygen atoms in total. The molecule has 0 unspecified atom stereocenters. The Morgan fingerprint density at radius 3 is 2.57 bits per heavy atom. The number of amides is 1. The Labute approximate surface area is 165 Å². The molecule has 9 heteroatoms. The van der Waals surface area contributed by atoms with Gasteiger partial charge in [0.2, 0.25) is 0 Å². The normalized spacial score (nSPS) is 12.3. The number of rotatable bonds is 4. The molecular weight excluding hydrogens is 400 g/mol. The fourth-order valence-electron chi connectivity index (χ4n) is 2.70. The van der Waals surface area contributed by atoms with Crippen LogP contribution in [0.3, 0.4) is 0 Å². The minimum Gasteiger partial charge on any atom is -0.462 e. The van der Waals surface area contributed by atoms with Gasteiger partial charge in [0.1, 0.15) is 0 Å². The minimum absolute atomic E-state index is 0.0228. The second-order valence-electron chi connectivity index (χ2n) is 6.03. The summed E-state index contributed by atoms with van der Waals surface area (Å²) in [4.78, 5) is 29.0. The molecule has 0 aliphatic rings. The van der Waals surface area contributed by atoms with Crippen molar-refractivity contribution in [2.45, 2.75) is 11.8 Å². The Morgan fingerprint density at radius 1 is 1.18 bits per heavy atom. The van der Waals surface area contributed by atoms with E-state index < -0.39 is 21.7 Å². The fourth-order valence-corrected chi connectivity index (χ4v) is 4.63. The average molecular weight is 418 g/mol. The zero-order valence-electron chi connectivity index (χ0n) is 15.5. The summed E-state index contributed by atoms with van der Waals surface area (Å²) < 4.78 is 31.3. The second-order valence-corrected chi connectivity index (χ2v) is 9.03. The van der Waals surface area contributed by atoms with E-state index in [4.69, 9.17) is 4.74 Å². The average Bonchev–Trinajstić information content (AvgIpc) is 2.96. The van der Waals surface area contributed by atoms with E-state index in [1.165, 1.54) is 23.5 Å². The topological polar surface area (TPSA) is 94.8 Å². The van der Waals surface area contributed by atoms with Crippen LogP contribution >= 0.6 is 11.3 Å². The maximum atomic E-state index is 12.7. The summed E-state index contributed by atoms with van der Waals surface area (Å²) in [5.74, 6) is -1.06. The van der Waals surface area contributed by atoms with E-state index in [-0.39, 0.29) is 17.1 Å². The number of aryl methyl sites for hydroxylation is 1. The van der Waals surface area contributed by atoms with Crippen molar-refractivity contribution in [1.29, 1.82) is 0 Å². The molecule has 28 heavy (non-hydrogen) atoms. The molecule has 0 radical (unpaired) electrons. The maximum absolute atomic E-state index is 12.7. The van der Waals surface area contributed by atoms with Gasteiger partial charge >= 0.3 is 5.97 Å². The zero-order valence-corrected chi connectivity index (χ0v) is 17.1. The molecule has 1 amide bonds. The minimum atomic E-state index is -3.56. The van der Waals surface area contributed by atoms with Crippen LogP contribution in [0, 0.1) is 0 Å². The molecule has 3 aromatic rings. The molecule has 3 rings (SSSR count). The molecule has 0 atom stereocenters. The Bertz CT molecular complexity index is 1250. The number of hydrogen-bond acceptors (Lipinski definition) is 6. The van der Waals surface area contributed by atoms with Crippen molar-refractivity contribution in [3.8, 4) is 0 Å². The summed E-state index contributed by atoms with van der Waals surface area (Å²) in [7, 11) is -1.81. The van der Waals surface area contributed by atoms with E-state index in [9.17, 15) is 18.0 Å². The number of esters is 1. The van der Waals surface area contributed by atoms with E-state index in [0.29, 0.717) is 10.4 Å². The van der Waals surface area contributed by atoms with E-state index in [1.54, 1.807) is 48.9 Å². The van der Waals surface area contributed by atoms with Gasteiger partial charge in [-0.15, -0.1) is 0 Å². The molecule has 1 aromatic heterocycles. The van der Waals surface area contributed by atoms with Gasteiger partial charge < -0.3 is 9.30 Å². The van der Waals surface area contributed by atoms with Gasteiger partial charge in [0.05, 0.1) is 32.8 Å². The van der Waals surface area contributed by atoms with Crippen molar-refractivity contribution < 1.29 is 22.7 Å². The van der Waals surface area contributed by atoms with Gasteiger partial charge in [0, 0.05) is 13.3 Å². The highest BCUT2D eigenvalue weighted by Gasteiger charge is 2.18. The largest absolute Gasteiger partial charge is 0.462 e. The number of carbonyl (C=O) groups excluding carboxylic acids is 2. The lowest BCUT2D eigenvalue weighted by Crippen LogP contribution is -2.15. The first-order valence-electron chi connectivity index (χ1n) is 8.37. The van der Waals surface area contributed by atoms with Crippen molar-refractivity contribution in [1.82, 2.24) is 4.57 Å². The van der Waals surface area contributed by atoms with Crippen LogP contribution in [0.5, 0.6) is 0 Å². The first kappa shape index (κ1) is 20.0. The molecule has 1 heterocycles. The Kier molecular flexibility index (Phi) is 5.48. The third-order valence-electron chi connectivity index (χ3n) is 4.03. The summed E-state index contributed by atoms with van der Waals surface area (Å²) in [6.07, 6.45) is 1.05. The molecule has 0 saturated heterocycles. The van der Waals surface area contributed by atoms with Crippen molar-refractivity contribution in [2.24, 2.45) is 12.0 Å². The summed E-state index contributed by atoms with van der Waals surface area (Å²) >= 11 is 1.23. The van der Waals surface area contributed by atoms with Crippen LogP contribution < -0.4 is 4.80 Å². The van der Waals surface area contributed by atoms with Gasteiger partial charge in [0.25, 0.3) is 5.91 Å². The third-order valence-corrected chi connectivity index (χ3v) is 6.28. The third kappa shape index (κ3) is 3.90. The predicted molar refractivity (Wildman–Crippen MR) is 106 cm³/mol. The number of thiazole rings is 1. The van der Waals surface area contributed by atoms with Crippen LogP contribution in [0.4, 0.5) is 0 Å². The number of aromatic nitrogens is 1. The van der Waals surface area contributed by atoms with Crippen LogP contribution in [0.1, 0.15) is 27.6 Å². The van der Waals surface area contributed by atoms with Crippen LogP contribution in [-0.4, -0.2) is 37.7 Å². The molecule has 2 aromatic carbocycles. The molecule has 0 aliphatic heterocycles. The fraction of sp³-hybridized carbons (Fsp3) is 0.211. The molecule has 0 spiro atoms. The number of ether oxygens (including phenoxy) is 1. The number of hydrogen-bond donors (Lipinski definition) is 0. The van der Waals surface area contributed by atoms with Crippen LogP contribution in [-0.2, 0) is 21.6 Å². The second kappa shape index (κ2) is 7.69. The van der Waals surface area contributed by atoms with Gasteiger partial charge in [-0.1, -0.05) is 23.5 Å². The molecular formula is C19H18N2O5S2. The molecule has 0 fully saturated rings. The molecule has 0 bridgehead atoms. The van der Waals surface area contributed by atoms with Gasteiger partial charge in [-0.3, -0.25) is 4.79 Å². The Balaban J connectivity index is 2.09. The lowest BCUT2D eigenvalue weighted by molar-refractivity contribution is 0.0526. The van der Waals surface area contributed by atoms with Crippen LogP contribution in [0.15, 0.2) is 52.4 Å². The molecule has 0 saturated carbocycles. The van der Waals surface area contributed by atoms with Gasteiger partial charge in [-0.2, -0.15) is 4.99 Å². The zero-order chi connectivity index (χ0) is 20.5. The maximum Gasteiger partial charge on any atom is 0.338 e. The number of carbonyl (C=O) groups is 2. The van der Waals surface area contributed by atoms with E-state index in [0.717, 1.165) is 16.5 Å². The lowest BCUT2D eigenvalue weighted by Gasteiger charge is -2.03. The first-order valence-corrected chi connectivity index (χ1v) is 11.1. The molecule has 0 N–H and O–H groups in total. The van der Waals surface area contributed by atoms with Crippen LogP contribution in [0.2, 0.25) is 0 Å². The summed E-state index contributed by atoms with van der Waals surface area (Å²) in [6.45, 7) is 2.02. The van der Waals surface area contributed by atoms with Gasteiger partial charge in [0.15, 0.2) is 14.6 Å². The van der Waals surface area contributed by atoms with Crippen LogP contribution in [0.25, 0.3) is 10.2 Å². The summed E-state index contributed by atoms with van der Waals surface area (Å²) in [5.41, 5.74) is 1.23. The van der Waals surface area contributed by atoms with E-state index >= 15 is 0 Å². The van der Waals surface area contributed by atoms with Crippen molar-refractivity contribution in [3.63, 3.8) is 0 Å². The summed E-state index contributed by atoms with van der Waals surface area (Å²) in [5, 5.41) is 0. The SMILES string of the molecule is CCOC(=O)c1ccc2c(c1)sc(=NC(=O)c1ccccc1S(C)(=O)=O)n2C. The summed E-state index contributed by atoms with van der Waals surface area (Å²) in [6, 6.07) is 11.1. The smallest absolute Gasteiger partial charge is 0.338 e. The molecule has 146 valence electrons.